The van der Waals surface area contributed by atoms with Crippen molar-refractivity contribution in [2.75, 3.05) is 32.8 Å². The van der Waals surface area contributed by atoms with E-state index in [2.05, 4.69) is 17.1 Å². The van der Waals surface area contributed by atoms with Crippen LogP contribution in [-0.2, 0) is 4.79 Å². The molecule has 1 aromatic rings. The molecule has 0 radical (unpaired) electrons. The number of carbonyl (C=O) groups is 1. The third-order valence-corrected chi connectivity index (χ3v) is 4.15. The lowest BCUT2D eigenvalue weighted by molar-refractivity contribution is -0.123. The molecule has 2 atom stereocenters. The number of amides is 1. The molecule has 5 nitrogen and oxygen atoms in total. The third-order valence-electron chi connectivity index (χ3n) is 4.15. The van der Waals surface area contributed by atoms with Gasteiger partial charge in [0.05, 0.1) is 13.1 Å². The quantitative estimate of drug-likeness (QED) is 0.744. The lowest BCUT2D eigenvalue weighted by Crippen LogP contribution is -2.50. The predicted molar refractivity (Wildman–Crippen MR) is 87.8 cm³/mol. The van der Waals surface area contributed by atoms with E-state index in [1.54, 1.807) is 0 Å². The molecule has 0 aromatic heterocycles. The second-order valence-electron chi connectivity index (χ2n) is 6.00. The first-order valence-corrected chi connectivity index (χ1v) is 8.07. The number of likely N-dealkylation sites (tertiary alicyclic amines) is 1. The zero-order valence-electron chi connectivity index (χ0n) is 13.3. The van der Waals surface area contributed by atoms with Gasteiger partial charge in [-0.3, -0.25) is 9.69 Å². The molecular formula is C17H27N3O2. The predicted octanol–water partition coefficient (Wildman–Crippen LogP) is 1.24. The van der Waals surface area contributed by atoms with Crippen LogP contribution in [0.5, 0.6) is 5.75 Å². The minimum atomic E-state index is 0.0460. The van der Waals surface area contributed by atoms with Crippen molar-refractivity contribution in [3.8, 4) is 5.75 Å². The number of hydrogen-bond acceptors (Lipinski definition) is 4. The summed E-state index contributed by atoms with van der Waals surface area (Å²) in [7, 11) is 0. The van der Waals surface area contributed by atoms with Crippen LogP contribution in [0.25, 0.3) is 0 Å². The van der Waals surface area contributed by atoms with Crippen molar-refractivity contribution in [3.05, 3.63) is 30.3 Å². The molecule has 2 unspecified atom stereocenters. The minimum absolute atomic E-state index is 0.0460. The molecule has 1 amide bonds. The maximum absolute atomic E-state index is 12.0. The summed E-state index contributed by atoms with van der Waals surface area (Å²) in [5, 5.41) is 2.91. The van der Waals surface area contributed by atoms with E-state index in [0.29, 0.717) is 38.2 Å². The van der Waals surface area contributed by atoms with Crippen LogP contribution < -0.4 is 15.8 Å². The Hall–Kier alpha value is -1.59. The number of nitrogens with one attached hydrogen (secondary N) is 1. The van der Waals surface area contributed by atoms with Gasteiger partial charge < -0.3 is 15.8 Å². The smallest absolute Gasteiger partial charge is 0.234 e. The van der Waals surface area contributed by atoms with Gasteiger partial charge in [-0.05, 0) is 37.4 Å². The Morgan fingerprint density at radius 3 is 2.91 bits per heavy atom. The number of hydrogen-bond donors (Lipinski definition) is 2. The van der Waals surface area contributed by atoms with Crippen LogP contribution in [0.3, 0.4) is 0 Å². The van der Waals surface area contributed by atoms with E-state index in [-0.39, 0.29) is 5.91 Å². The number of nitrogens with zero attached hydrogens (tertiary/aromatic N) is 1. The summed E-state index contributed by atoms with van der Waals surface area (Å²) in [4.78, 5) is 14.2. The van der Waals surface area contributed by atoms with E-state index in [9.17, 15) is 4.79 Å². The van der Waals surface area contributed by atoms with Crippen molar-refractivity contribution in [1.29, 1.82) is 0 Å². The van der Waals surface area contributed by atoms with Crippen LogP contribution in [0.15, 0.2) is 30.3 Å². The number of rotatable bonds is 7. The summed E-state index contributed by atoms with van der Waals surface area (Å²) >= 11 is 0. The maximum atomic E-state index is 12.0. The normalized spacial score (nSPS) is 22.3. The standard InChI is InChI=1S/C17H27N3O2/c1-14-7-9-20(15(11-14)12-18)13-17(21)19-8-10-22-16-5-3-2-4-6-16/h2-6,14-15H,7-13,18H2,1H3,(H,19,21). The first-order valence-electron chi connectivity index (χ1n) is 8.07. The first kappa shape index (κ1) is 16.8. The van der Waals surface area contributed by atoms with E-state index < -0.39 is 0 Å². The Kier molecular flexibility index (Phi) is 6.68. The minimum Gasteiger partial charge on any atom is -0.492 e. The summed E-state index contributed by atoms with van der Waals surface area (Å²) in [6, 6.07) is 9.94. The summed E-state index contributed by atoms with van der Waals surface area (Å²) < 4.78 is 5.55. The molecule has 1 saturated heterocycles. The highest BCUT2D eigenvalue weighted by Crippen LogP contribution is 2.21. The van der Waals surface area contributed by atoms with Gasteiger partial charge in [0.2, 0.25) is 5.91 Å². The van der Waals surface area contributed by atoms with Gasteiger partial charge in [0.1, 0.15) is 12.4 Å². The van der Waals surface area contributed by atoms with Crippen molar-refractivity contribution in [2.45, 2.75) is 25.8 Å². The highest BCUT2D eigenvalue weighted by atomic mass is 16.5. The molecule has 0 aliphatic carbocycles. The van der Waals surface area contributed by atoms with Gasteiger partial charge in [0, 0.05) is 12.6 Å². The van der Waals surface area contributed by atoms with Crippen molar-refractivity contribution < 1.29 is 9.53 Å². The molecule has 122 valence electrons. The van der Waals surface area contributed by atoms with Gasteiger partial charge in [0.25, 0.3) is 0 Å². The van der Waals surface area contributed by atoms with Gasteiger partial charge in [0.15, 0.2) is 0 Å². The number of benzene rings is 1. The number of carbonyl (C=O) groups excluding carboxylic acids is 1. The van der Waals surface area contributed by atoms with E-state index in [1.165, 1.54) is 0 Å². The summed E-state index contributed by atoms with van der Waals surface area (Å²) in [6.07, 6.45) is 2.22. The highest BCUT2D eigenvalue weighted by molar-refractivity contribution is 5.78. The molecule has 2 rings (SSSR count). The molecule has 0 saturated carbocycles. The zero-order valence-corrected chi connectivity index (χ0v) is 13.3. The van der Waals surface area contributed by atoms with E-state index >= 15 is 0 Å². The average molecular weight is 305 g/mol. The van der Waals surface area contributed by atoms with Crippen LogP contribution in [0, 0.1) is 5.92 Å². The molecule has 1 aliphatic rings. The van der Waals surface area contributed by atoms with Crippen molar-refractivity contribution in [3.63, 3.8) is 0 Å². The van der Waals surface area contributed by atoms with Gasteiger partial charge in [-0.25, -0.2) is 0 Å². The number of piperidine rings is 1. The lowest BCUT2D eigenvalue weighted by atomic mass is 9.92. The molecular weight excluding hydrogens is 278 g/mol. The van der Waals surface area contributed by atoms with Crippen LogP contribution in [0.4, 0.5) is 0 Å². The van der Waals surface area contributed by atoms with E-state index in [1.807, 2.05) is 30.3 Å². The molecule has 0 spiro atoms. The maximum Gasteiger partial charge on any atom is 0.234 e. The highest BCUT2D eigenvalue weighted by Gasteiger charge is 2.26. The van der Waals surface area contributed by atoms with Crippen LogP contribution in [-0.4, -0.2) is 49.6 Å². The molecule has 1 aromatic carbocycles. The first-order chi connectivity index (χ1) is 10.7. The Morgan fingerprint density at radius 1 is 1.41 bits per heavy atom. The number of nitrogens with two attached hydrogens (primary N) is 1. The topological polar surface area (TPSA) is 67.6 Å². The summed E-state index contributed by atoms with van der Waals surface area (Å²) in [5.41, 5.74) is 5.82. The molecule has 3 N–H and O–H groups in total. The van der Waals surface area contributed by atoms with Gasteiger partial charge in [-0.15, -0.1) is 0 Å². The molecule has 1 heterocycles. The Bertz CT molecular complexity index is 452. The summed E-state index contributed by atoms with van der Waals surface area (Å²) in [6.45, 7) is 5.25. The van der Waals surface area contributed by atoms with Crippen molar-refractivity contribution in [1.82, 2.24) is 10.2 Å². The van der Waals surface area contributed by atoms with Crippen LogP contribution in [0.1, 0.15) is 19.8 Å². The molecule has 1 fully saturated rings. The number of ether oxygens (including phenoxy) is 1. The average Bonchev–Trinajstić information content (AvgIpc) is 2.54. The molecule has 5 heteroatoms. The van der Waals surface area contributed by atoms with Crippen LogP contribution in [0.2, 0.25) is 0 Å². The fraction of sp³-hybridized carbons (Fsp3) is 0.588. The van der Waals surface area contributed by atoms with Gasteiger partial charge in [-0.1, -0.05) is 25.1 Å². The third kappa shape index (κ3) is 5.31. The second-order valence-corrected chi connectivity index (χ2v) is 6.00. The lowest BCUT2D eigenvalue weighted by Gasteiger charge is -2.37. The molecule has 1 aliphatic heterocycles. The second kappa shape index (κ2) is 8.76. The number of para-hydroxylation sites is 1. The Morgan fingerprint density at radius 2 is 2.18 bits per heavy atom. The SMILES string of the molecule is CC1CCN(CC(=O)NCCOc2ccccc2)C(CN)C1. The van der Waals surface area contributed by atoms with Crippen molar-refractivity contribution in [2.24, 2.45) is 11.7 Å². The fourth-order valence-electron chi connectivity index (χ4n) is 2.87. The largest absolute Gasteiger partial charge is 0.492 e. The monoisotopic (exact) mass is 305 g/mol. The summed E-state index contributed by atoms with van der Waals surface area (Å²) in [5.74, 6) is 1.57. The van der Waals surface area contributed by atoms with Gasteiger partial charge >= 0.3 is 0 Å². The zero-order chi connectivity index (χ0) is 15.8. The Balaban J connectivity index is 1.65. The van der Waals surface area contributed by atoms with Crippen molar-refractivity contribution >= 4 is 5.91 Å². The van der Waals surface area contributed by atoms with E-state index in [4.69, 9.17) is 10.5 Å². The fourth-order valence-corrected chi connectivity index (χ4v) is 2.87. The van der Waals surface area contributed by atoms with E-state index in [0.717, 1.165) is 25.1 Å². The molecule has 0 bridgehead atoms. The molecule has 22 heavy (non-hydrogen) atoms. The Labute approximate surface area is 132 Å². The van der Waals surface area contributed by atoms with Gasteiger partial charge in [-0.2, -0.15) is 0 Å². The van der Waals surface area contributed by atoms with Crippen LogP contribution >= 0.6 is 0 Å².